The summed E-state index contributed by atoms with van der Waals surface area (Å²) in [4.78, 5) is 0.0861. The van der Waals surface area contributed by atoms with Gasteiger partial charge in [0, 0.05) is 18.1 Å². The summed E-state index contributed by atoms with van der Waals surface area (Å²) in [6.45, 7) is -0.610. The lowest BCUT2D eigenvalue weighted by Gasteiger charge is -2.24. The predicted octanol–water partition coefficient (Wildman–Crippen LogP) is 1.88. The number of nitrogens with zero attached hydrogens (tertiary/aromatic N) is 1. The summed E-state index contributed by atoms with van der Waals surface area (Å²) in [7, 11) is -3.82. The van der Waals surface area contributed by atoms with Gasteiger partial charge in [-0.25, -0.2) is 8.42 Å². The van der Waals surface area contributed by atoms with Crippen LogP contribution in [0, 0.1) is 0 Å². The zero-order valence-corrected chi connectivity index (χ0v) is 13.9. The Bertz CT molecular complexity index is 720. The third-order valence-corrected chi connectivity index (χ3v) is 5.36. The van der Waals surface area contributed by atoms with E-state index >= 15 is 0 Å². The molecule has 0 aliphatic heterocycles. The van der Waals surface area contributed by atoms with Gasteiger partial charge in [-0.15, -0.1) is 0 Å². The molecule has 0 radical (unpaired) electrons. The van der Waals surface area contributed by atoms with Crippen LogP contribution in [0.25, 0.3) is 0 Å². The summed E-state index contributed by atoms with van der Waals surface area (Å²) in [6.07, 6.45) is -1.15. The largest absolute Gasteiger partial charge is 0.394 e. The molecule has 2 rings (SSSR count). The zero-order chi connectivity index (χ0) is 16.9. The van der Waals surface area contributed by atoms with Crippen molar-refractivity contribution < 1.29 is 18.6 Å². The number of halogens is 1. The maximum atomic E-state index is 12.8. The summed E-state index contributed by atoms with van der Waals surface area (Å²) >= 11 is 5.80. The van der Waals surface area contributed by atoms with Crippen molar-refractivity contribution in [3.05, 3.63) is 65.2 Å². The fourth-order valence-electron chi connectivity index (χ4n) is 2.08. The highest BCUT2D eigenvalue weighted by atomic mass is 35.5. The molecule has 0 saturated heterocycles. The Balaban J connectivity index is 2.33. The van der Waals surface area contributed by atoms with E-state index in [1.807, 2.05) is 18.2 Å². The highest BCUT2D eigenvalue weighted by Gasteiger charge is 2.26. The van der Waals surface area contributed by atoms with Gasteiger partial charge >= 0.3 is 0 Å². The zero-order valence-electron chi connectivity index (χ0n) is 12.3. The lowest BCUT2D eigenvalue weighted by molar-refractivity contribution is 0.0775. The molecule has 2 aromatic rings. The van der Waals surface area contributed by atoms with Crippen molar-refractivity contribution in [2.75, 3.05) is 13.2 Å². The molecule has 0 aliphatic rings. The first-order valence-electron chi connectivity index (χ1n) is 7.02. The van der Waals surface area contributed by atoms with Crippen molar-refractivity contribution in [1.82, 2.24) is 4.31 Å². The summed E-state index contributed by atoms with van der Waals surface area (Å²) in [5, 5.41) is 19.2. The smallest absolute Gasteiger partial charge is 0.243 e. The first kappa shape index (κ1) is 17.9. The average Bonchev–Trinajstić information content (AvgIpc) is 2.55. The van der Waals surface area contributed by atoms with Crippen LogP contribution in [0.1, 0.15) is 5.56 Å². The van der Waals surface area contributed by atoms with E-state index in [2.05, 4.69) is 0 Å². The minimum Gasteiger partial charge on any atom is -0.394 e. The SMILES string of the molecule is O=S(=O)(c1ccc(Cl)cc1)N(Cc1ccccc1)CC(O)CO. The molecule has 0 fully saturated rings. The van der Waals surface area contributed by atoms with Crippen molar-refractivity contribution in [3.8, 4) is 0 Å². The molecular weight excluding hydrogens is 338 g/mol. The molecule has 0 aliphatic carbocycles. The number of hydrogen-bond donors (Lipinski definition) is 2. The molecule has 0 saturated carbocycles. The predicted molar refractivity (Wildman–Crippen MR) is 88.6 cm³/mol. The van der Waals surface area contributed by atoms with Crippen LogP contribution in [0.4, 0.5) is 0 Å². The quantitative estimate of drug-likeness (QED) is 0.795. The summed E-state index contributed by atoms with van der Waals surface area (Å²) in [5.74, 6) is 0. The molecule has 2 aromatic carbocycles. The molecule has 0 amide bonds. The second kappa shape index (κ2) is 7.90. The second-order valence-corrected chi connectivity index (χ2v) is 7.45. The Morgan fingerprint density at radius 2 is 1.65 bits per heavy atom. The average molecular weight is 356 g/mol. The maximum absolute atomic E-state index is 12.8. The lowest BCUT2D eigenvalue weighted by Crippen LogP contribution is -2.38. The van der Waals surface area contributed by atoms with Gasteiger partial charge in [0.25, 0.3) is 0 Å². The Kier molecular flexibility index (Phi) is 6.15. The first-order chi connectivity index (χ1) is 10.9. The molecular formula is C16H18ClNO4S. The molecule has 0 heterocycles. The highest BCUT2D eigenvalue weighted by molar-refractivity contribution is 7.89. The van der Waals surface area contributed by atoms with Gasteiger partial charge in [-0.2, -0.15) is 4.31 Å². The van der Waals surface area contributed by atoms with E-state index in [9.17, 15) is 13.5 Å². The van der Waals surface area contributed by atoms with Crippen molar-refractivity contribution in [2.24, 2.45) is 0 Å². The molecule has 0 spiro atoms. The van der Waals surface area contributed by atoms with E-state index in [1.54, 1.807) is 12.1 Å². The fourth-order valence-corrected chi connectivity index (χ4v) is 3.67. The van der Waals surface area contributed by atoms with Crippen molar-refractivity contribution >= 4 is 21.6 Å². The Morgan fingerprint density at radius 1 is 1.04 bits per heavy atom. The normalized spacial score (nSPS) is 13.2. The van der Waals surface area contributed by atoms with E-state index < -0.39 is 22.7 Å². The molecule has 0 bridgehead atoms. The van der Waals surface area contributed by atoms with Crippen molar-refractivity contribution in [3.63, 3.8) is 0 Å². The number of rotatable bonds is 7. The van der Waals surface area contributed by atoms with Gasteiger partial charge in [-0.05, 0) is 29.8 Å². The number of aliphatic hydroxyl groups is 2. The van der Waals surface area contributed by atoms with Crippen LogP contribution in [0.5, 0.6) is 0 Å². The van der Waals surface area contributed by atoms with Gasteiger partial charge in [0.15, 0.2) is 0 Å². The third kappa shape index (κ3) is 4.76. The van der Waals surface area contributed by atoms with Crippen LogP contribution in [-0.2, 0) is 16.6 Å². The minimum absolute atomic E-state index is 0.0861. The third-order valence-electron chi connectivity index (χ3n) is 3.28. The van der Waals surface area contributed by atoms with Crippen LogP contribution < -0.4 is 0 Å². The van der Waals surface area contributed by atoms with Crippen LogP contribution in [0.3, 0.4) is 0 Å². The number of benzene rings is 2. The number of aliphatic hydroxyl groups excluding tert-OH is 2. The van der Waals surface area contributed by atoms with Gasteiger partial charge in [0.1, 0.15) is 0 Å². The first-order valence-corrected chi connectivity index (χ1v) is 8.84. The molecule has 7 heteroatoms. The van der Waals surface area contributed by atoms with Crippen LogP contribution >= 0.6 is 11.6 Å². The molecule has 2 N–H and O–H groups in total. The number of sulfonamides is 1. The van der Waals surface area contributed by atoms with Crippen molar-refractivity contribution in [1.29, 1.82) is 0 Å². The van der Waals surface area contributed by atoms with E-state index in [1.165, 1.54) is 24.3 Å². The fraction of sp³-hybridized carbons (Fsp3) is 0.250. The summed E-state index contributed by atoms with van der Waals surface area (Å²) in [5.41, 5.74) is 0.787. The molecule has 5 nitrogen and oxygen atoms in total. The van der Waals surface area contributed by atoms with E-state index in [0.29, 0.717) is 5.02 Å². The lowest BCUT2D eigenvalue weighted by atomic mass is 10.2. The van der Waals surface area contributed by atoms with Gasteiger partial charge < -0.3 is 10.2 Å². The van der Waals surface area contributed by atoms with Gasteiger partial charge in [-0.1, -0.05) is 41.9 Å². The summed E-state index contributed by atoms with van der Waals surface area (Å²) in [6, 6.07) is 14.9. The Morgan fingerprint density at radius 3 is 2.22 bits per heavy atom. The second-order valence-electron chi connectivity index (χ2n) is 5.07. The van der Waals surface area contributed by atoms with E-state index in [4.69, 9.17) is 16.7 Å². The molecule has 1 atom stereocenters. The van der Waals surface area contributed by atoms with E-state index in [0.717, 1.165) is 9.87 Å². The molecule has 0 aromatic heterocycles. The standard InChI is InChI=1S/C16H18ClNO4S/c17-14-6-8-16(9-7-14)23(21,22)18(11-15(20)12-19)10-13-4-2-1-3-5-13/h1-9,15,19-20H,10-12H2. The Labute approximate surface area is 140 Å². The van der Waals surface area contributed by atoms with Gasteiger partial charge in [-0.3, -0.25) is 0 Å². The van der Waals surface area contributed by atoms with Crippen molar-refractivity contribution in [2.45, 2.75) is 17.5 Å². The topological polar surface area (TPSA) is 77.8 Å². The molecule has 124 valence electrons. The van der Waals surface area contributed by atoms with Crippen LogP contribution in [0.2, 0.25) is 5.02 Å². The molecule has 1 unspecified atom stereocenters. The number of hydrogen-bond acceptors (Lipinski definition) is 4. The summed E-state index contributed by atoms with van der Waals surface area (Å²) < 4.78 is 26.7. The monoisotopic (exact) mass is 355 g/mol. The van der Waals surface area contributed by atoms with Gasteiger partial charge in [0.2, 0.25) is 10.0 Å². The van der Waals surface area contributed by atoms with Crippen LogP contribution in [-0.4, -0.2) is 42.2 Å². The van der Waals surface area contributed by atoms with E-state index in [-0.39, 0.29) is 18.0 Å². The maximum Gasteiger partial charge on any atom is 0.243 e. The molecule has 23 heavy (non-hydrogen) atoms. The van der Waals surface area contributed by atoms with Gasteiger partial charge in [0.05, 0.1) is 17.6 Å². The van der Waals surface area contributed by atoms with Crippen LogP contribution in [0.15, 0.2) is 59.5 Å². The Hall–Kier alpha value is -1.44. The minimum atomic E-state index is -3.82. The highest BCUT2D eigenvalue weighted by Crippen LogP contribution is 2.20.